The van der Waals surface area contributed by atoms with E-state index in [0.29, 0.717) is 5.69 Å². The molecule has 0 aromatic heterocycles. The van der Waals surface area contributed by atoms with E-state index < -0.39 is 28.0 Å². The summed E-state index contributed by atoms with van der Waals surface area (Å²) in [5, 5.41) is 2.68. The summed E-state index contributed by atoms with van der Waals surface area (Å²) >= 11 is 0. The van der Waals surface area contributed by atoms with E-state index in [9.17, 15) is 18.0 Å². The maximum Gasteiger partial charge on any atom is 0.338 e. The number of carbonyl (C=O) groups excluding carboxylic acids is 2. The molecular weight excluding hydrogens is 380 g/mol. The topological polar surface area (TPSA) is 92.8 Å². The Hall–Kier alpha value is -2.71. The van der Waals surface area contributed by atoms with Gasteiger partial charge >= 0.3 is 5.97 Å². The quantitative estimate of drug-likeness (QED) is 0.716. The van der Waals surface area contributed by atoms with E-state index in [2.05, 4.69) is 5.32 Å². The fourth-order valence-electron chi connectivity index (χ4n) is 2.34. The third-order valence-electron chi connectivity index (χ3n) is 4.13. The predicted octanol–water partition coefficient (Wildman–Crippen LogP) is 2.68. The van der Waals surface area contributed by atoms with E-state index in [1.165, 1.54) is 45.3 Å². The number of amides is 1. The van der Waals surface area contributed by atoms with Crippen molar-refractivity contribution in [1.82, 2.24) is 4.31 Å². The molecule has 0 fully saturated rings. The number of esters is 1. The van der Waals surface area contributed by atoms with Crippen molar-refractivity contribution in [3.8, 4) is 0 Å². The number of aryl methyl sites for hydroxylation is 1. The second-order valence-electron chi connectivity index (χ2n) is 6.40. The smallest absolute Gasteiger partial charge is 0.338 e. The summed E-state index contributed by atoms with van der Waals surface area (Å²) in [5.41, 5.74) is 1.80. The van der Waals surface area contributed by atoms with Crippen LogP contribution in [0.1, 0.15) is 29.8 Å². The molecule has 2 rings (SSSR count). The van der Waals surface area contributed by atoms with E-state index in [1.807, 2.05) is 19.1 Å². The maximum atomic E-state index is 12.3. The Balaban J connectivity index is 2.06. The summed E-state index contributed by atoms with van der Waals surface area (Å²) in [6, 6.07) is 12.9. The number of nitrogens with one attached hydrogen (secondary N) is 1. The van der Waals surface area contributed by atoms with Crippen molar-refractivity contribution < 1.29 is 22.7 Å². The number of nitrogens with zero attached hydrogens (tertiary/aromatic N) is 1. The molecule has 0 aliphatic heterocycles. The van der Waals surface area contributed by atoms with Crippen LogP contribution < -0.4 is 5.32 Å². The molecule has 150 valence electrons. The molecule has 0 spiro atoms. The molecule has 1 amide bonds. The van der Waals surface area contributed by atoms with Crippen LogP contribution in [0.2, 0.25) is 0 Å². The van der Waals surface area contributed by atoms with Crippen LogP contribution in [0.15, 0.2) is 53.4 Å². The highest BCUT2D eigenvalue weighted by Gasteiger charge is 2.22. The monoisotopic (exact) mass is 404 g/mol. The van der Waals surface area contributed by atoms with Crippen molar-refractivity contribution in [1.29, 1.82) is 0 Å². The summed E-state index contributed by atoms with van der Waals surface area (Å²) in [5.74, 6) is -1.26. The average Bonchev–Trinajstić information content (AvgIpc) is 2.68. The zero-order valence-electron chi connectivity index (χ0n) is 16.3. The first kappa shape index (κ1) is 21.6. The maximum absolute atomic E-state index is 12.3. The first-order valence-electron chi connectivity index (χ1n) is 8.78. The highest BCUT2D eigenvalue weighted by Crippen LogP contribution is 2.16. The first-order valence-corrected chi connectivity index (χ1v) is 10.2. The standard InChI is InChI=1S/C20H24N2O5S/c1-5-15-9-11-17(12-10-15)21-19(23)14(2)27-20(24)16-7-6-8-18(13-16)28(25,26)22(3)4/h6-14H,5H2,1-4H3,(H,21,23)/t14-/m1/s1. The van der Waals surface area contributed by atoms with E-state index in [1.54, 1.807) is 12.1 Å². The Bertz CT molecular complexity index is 953. The van der Waals surface area contributed by atoms with Gasteiger partial charge in [0.05, 0.1) is 10.5 Å². The number of hydrogen-bond donors (Lipinski definition) is 1. The molecule has 0 bridgehead atoms. The van der Waals surface area contributed by atoms with Gasteiger partial charge in [-0.05, 0) is 49.2 Å². The average molecular weight is 404 g/mol. The zero-order chi connectivity index (χ0) is 20.9. The Labute approximate surface area is 165 Å². The van der Waals surface area contributed by atoms with Crippen LogP contribution in [-0.4, -0.2) is 44.8 Å². The minimum absolute atomic E-state index is 0.0277. The molecule has 1 N–H and O–H groups in total. The van der Waals surface area contributed by atoms with E-state index in [4.69, 9.17) is 4.74 Å². The lowest BCUT2D eigenvalue weighted by Crippen LogP contribution is -2.30. The lowest BCUT2D eigenvalue weighted by molar-refractivity contribution is -0.123. The highest BCUT2D eigenvalue weighted by atomic mass is 32.2. The lowest BCUT2D eigenvalue weighted by Gasteiger charge is -2.15. The zero-order valence-corrected chi connectivity index (χ0v) is 17.1. The van der Waals surface area contributed by atoms with Crippen LogP contribution in [0.3, 0.4) is 0 Å². The van der Waals surface area contributed by atoms with Gasteiger partial charge < -0.3 is 10.1 Å². The Morgan fingerprint density at radius 3 is 2.32 bits per heavy atom. The minimum Gasteiger partial charge on any atom is -0.449 e. The Morgan fingerprint density at radius 2 is 1.75 bits per heavy atom. The van der Waals surface area contributed by atoms with Crippen LogP contribution >= 0.6 is 0 Å². The number of rotatable bonds is 7. The van der Waals surface area contributed by atoms with Crippen molar-refractivity contribution in [2.24, 2.45) is 0 Å². The van der Waals surface area contributed by atoms with Crippen LogP contribution in [0.25, 0.3) is 0 Å². The Morgan fingerprint density at radius 1 is 1.11 bits per heavy atom. The predicted molar refractivity (Wildman–Crippen MR) is 107 cm³/mol. The first-order chi connectivity index (χ1) is 13.1. The molecule has 0 saturated heterocycles. The molecule has 7 nitrogen and oxygen atoms in total. The molecule has 0 radical (unpaired) electrons. The normalized spacial score (nSPS) is 12.5. The highest BCUT2D eigenvalue weighted by molar-refractivity contribution is 7.89. The van der Waals surface area contributed by atoms with E-state index >= 15 is 0 Å². The number of hydrogen-bond acceptors (Lipinski definition) is 5. The second kappa shape index (κ2) is 8.99. The van der Waals surface area contributed by atoms with Crippen LogP contribution in [0.4, 0.5) is 5.69 Å². The van der Waals surface area contributed by atoms with Crippen molar-refractivity contribution in [2.45, 2.75) is 31.3 Å². The van der Waals surface area contributed by atoms with E-state index in [0.717, 1.165) is 16.3 Å². The number of ether oxygens (including phenoxy) is 1. The summed E-state index contributed by atoms with van der Waals surface area (Å²) < 4.78 is 30.6. The van der Waals surface area contributed by atoms with Gasteiger partial charge in [-0.15, -0.1) is 0 Å². The van der Waals surface area contributed by atoms with Crippen molar-refractivity contribution in [3.63, 3.8) is 0 Å². The largest absolute Gasteiger partial charge is 0.449 e. The van der Waals surface area contributed by atoms with Crippen LogP contribution in [0.5, 0.6) is 0 Å². The molecule has 28 heavy (non-hydrogen) atoms. The van der Waals surface area contributed by atoms with Gasteiger partial charge in [0.15, 0.2) is 6.10 Å². The van der Waals surface area contributed by atoms with Gasteiger partial charge in [-0.2, -0.15) is 0 Å². The molecular formula is C20H24N2O5S. The van der Waals surface area contributed by atoms with Crippen molar-refractivity contribution >= 4 is 27.6 Å². The van der Waals surface area contributed by atoms with Crippen LogP contribution in [0, 0.1) is 0 Å². The molecule has 2 aromatic rings. The van der Waals surface area contributed by atoms with Gasteiger partial charge in [0.1, 0.15) is 0 Å². The molecule has 0 aliphatic carbocycles. The third kappa shape index (κ3) is 5.17. The SMILES string of the molecule is CCc1ccc(NC(=O)[C@@H](C)OC(=O)c2cccc(S(=O)(=O)N(C)C)c2)cc1. The third-order valence-corrected chi connectivity index (χ3v) is 5.94. The summed E-state index contributed by atoms with van der Waals surface area (Å²) in [7, 11) is -0.873. The lowest BCUT2D eigenvalue weighted by atomic mass is 10.1. The summed E-state index contributed by atoms with van der Waals surface area (Å²) in [4.78, 5) is 24.6. The molecule has 2 aromatic carbocycles. The van der Waals surface area contributed by atoms with Gasteiger partial charge in [-0.3, -0.25) is 4.79 Å². The molecule has 0 heterocycles. The summed E-state index contributed by atoms with van der Waals surface area (Å²) in [6.45, 7) is 3.49. The molecule has 0 saturated carbocycles. The van der Waals surface area contributed by atoms with Gasteiger partial charge in [0, 0.05) is 19.8 Å². The fourth-order valence-corrected chi connectivity index (χ4v) is 3.29. The van der Waals surface area contributed by atoms with Crippen molar-refractivity contribution in [2.75, 3.05) is 19.4 Å². The van der Waals surface area contributed by atoms with Crippen LogP contribution in [-0.2, 0) is 26.0 Å². The van der Waals surface area contributed by atoms with Gasteiger partial charge in [0.2, 0.25) is 10.0 Å². The number of anilines is 1. The molecule has 8 heteroatoms. The molecule has 1 atom stereocenters. The van der Waals surface area contributed by atoms with Crippen molar-refractivity contribution in [3.05, 3.63) is 59.7 Å². The van der Waals surface area contributed by atoms with Gasteiger partial charge in [-0.1, -0.05) is 25.1 Å². The number of benzene rings is 2. The minimum atomic E-state index is -3.68. The van der Waals surface area contributed by atoms with Gasteiger partial charge in [-0.25, -0.2) is 17.5 Å². The second-order valence-corrected chi connectivity index (χ2v) is 8.55. The number of sulfonamides is 1. The summed E-state index contributed by atoms with van der Waals surface area (Å²) in [6.07, 6.45) is -0.155. The van der Waals surface area contributed by atoms with Gasteiger partial charge in [0.25, 0.3) is 5.91 Å². The Kier molecular flexibility index (Phi) is 6.93. The molecule has 0 aliphatic rings. The fraction of sp³-hybridized carbons (Fsp3) is 0.300. The van der Waals surface area contributed by atoms with E-state index in [-0.39, 0.29) is 10.5 Å². The number of carbonyl (C=O) groups is 2. The molecule has 0 unspecified atom stereocenters.